The molecule has 0 aliphatic heterocycles. The summed E-state index contributed by atoms with van der Waals surface area (Å²) in [7, 11) is 1.50. The molecule has 0 aromatic heterocycles. The highest BCUT2D eigenvalue weighted by atomic mass is 31.2. The van der Waals surface area contributed by atoms with Crippen LogP contribution in [0.2, 0.25) is 0 Å². The van der Waals surface area contributed by atoms with Crippen LogP contribution in [0, 0.1) is 0 Å². The second-order valence-electron chi connectivity index (χ2n) is 32.7. The molecule has 0 fully saturated rings. The van der Waals surface area contributed by atoms with E-state index in [9.17, 15) is 19.0 Å². The molecule has 0 saturated heterocycles. The molecule has 10 heteroatoms. The van der Waals surface area contributed by atoms with Crippen LogP contribution in [0.15, 0.2) is 85.1 Å². The molecule has 0 spiro atoms. The summed E-state index contributed by atoms with van der Waals surface area (Å²) >= 11 is 0. The highest BCUT2D eigenvalue weighted by Gasteiger charge is 2.27. The summed E-state index contributed by atoms with van der Waals surface area (Å²) < 4.78 is 34.9. The van der Waals surface area contributed by atoms with Crippen LogP contribution in [0.3, 0.4) is 0 Å². The molecule has 0 amide bonds. The number of phosphoric ester groups is 1. The molecule has 2 atom stereocenters. The van der Waals surface area contributed by atoms with E-state index in [0.717, 1.165) is 70.6 Å². The fourth-order valence-electron chi connectivity index (χ4n) is 13.9. The van der Waals surface area contributed by atoms with Crippen molar-refractivity contribution in [2.24, 2.45) is 0 Å². The highest BCUT2D eigenvalue weighted by molar-refractivity contribution is 7.47. The summed E-state index contributed by atoms with van der Waals surface area (Å²) in [5.41, 5.74) is 0. The van der Waals surface area contributed by atoms with Crippen molar-refractivity contribution in [3.8, 4) is 0 Å². The lowest BCUT2D eigenvalue weighted by Crippen LogP contribution is -2.37. The maximum Gasteiger partial charge on any atom is 0.472 e. The van der Waals surface area contributed by atoms with Gasteiger partial charge < -0.3 is 18.9 Å². The zero-order valence-corrected chi connectivity index (χ0v) is 72.1. The van der Waals surface area contributed by atoms with Crippen molar-refractivity contribution in [3.63, 3.8) is 0 Å². The first-order valence-electron chi connectivity index (χ1n) is 46.3. The molecule has 0 aromatic rings. The molecule has 0 rings (SSSR count). The molecule has 0 saturated carbocycles. The topological polar surface area (TPSA) is 108 Å². The zero-order valence-electron chi connectivity index (χ0n) is 71.2. The number of quaternary nitrogens is 1. The zero-order chi connectivity index (χ0) is 76.8. The van der Waals surface area contributed by atoms with Crippen molar-refractivity contribution in [1.29, 1.82) is 0 Å². The highest BCUT2D eigenvalue weighted by Crippen LogP contribution is 2.43. The average Bonchev–Trinajstić information content (AvgIpc) is 0.908. The number of phosphoric acid groups is 1. The number of carbonyl (C=O) groups is 2. The van der Waals surface area contributed by atoms with Gasteiger partial charge in [-0.3, -0.25) is 18.6 Å². The summed E-state index contributed by atoms with van der Waals surface area (Å²) in [6.45, 7) is 4.39. The monoisotopic (exact) mass is 1510 g/mol. The summed E-state index contributed by atoms with van der Waals surface area (Å²) in [5, 5.41) is 0. The third-order valence-electron chi connectivity index (χ3n) is 20.9. The Hall–Kier alpha value is -2.81. The summed E-state index contributed by atoms with van der Waals surface area (Å²) in [6, 6.07) is 0. The molecule has 0 aliphatic carbocycles. The Labute approximate surface area is 660 Å². The molecule has 1 N–H and O–H groups in total. The number of unbranched alkanes of at least 4 members (excludes halogenated alkanes) is 59. The minimum atomic E-state index is -4.40. The largest absolute Gasteiger partial charge is 0.472 e. The number of hydrogen-bond acceptors (Lipinski definition) is 7. The normalized spacial score (nSPS) is 13.3. The minimum absolute atomic E-state index is 0.0341. The van der Waals surface area contributed by atoms with E-state index in [2.05, 4.69) is 98.9 Å². The van der Waals surface area contributed by atoms with E-state index in [0.29, 0.717) is 23.9 Å². The molecule has 9 nitrogen and oxygen atoms in total. The smallest absolute Gasteiger partial charge is 0.462 e. The predicted molar refractivity (Wildman–Crippen MR) is 464 cm³/mol. The number of ether oxygens (including phenoxy) is 2. The molecule has 2 unspecified atom stereocenters. The van der Waals surface area contributed by atoms with Crippen molar-refractivity contribution in [2.45, 2.75) is 469 Å². The number of nitrogens with zero attached hydrogens (tertiary/aromatic N) is 1. The molecular formula is C96H179NO8P+. The van der Waals surface area contributed by atoms with E-state index >= 15 is 0 Å². The Bertz CT molecular complexity index is 2070. The van der Waals surface area contributed by atoms with E-state index in [1.54, 1.807) is 0 Å². The van der Waals surface area contributed by atoms with Gasteiger partial charge in [-0.25, -0.2) is 4.57 Å². The van der Waals surface area contributed by atoms with Crippen LogP contribution >= 0.6 is 7.82 Å². The quantitative estimate of drug-likeness (QED) is 0.0211. The van der Waals surface area contributed by atoms with Gasteiger partial charge in [-0.1, -0.05) is 446 Å². The predicted octanol–water partition coefficient (Wildman–Crippen LogP) is 31.5. The Morgan fingerprint density at radius 1 is 0.302 bits per heavy atom. The standard InChI is InChI=1S/C96H178NO8P/c1-6-8-10-12-14-16-18-20-22-24-26-28-30-32-34-36-38-40-42-44-46-48-50-52-54-56-58-60-62-64-66-68-70-72-74-76-78-80-82-84-86-88-95(98)102-92-94(93-104-106(100,101)103-91-90-97(3,4)5)105-96(99)89-87-85-83-81-79-77-75-73-71-69-67-65-63-61-59-57-55-53-51-49-47-45-43-41-39-37-35-33-31-29-27-25-23-21-19-17-15-13-11-9-7-2/h9,11,15,17-18,20-21,23-24,26-27,29,33,35,94H,6-8,10,12-14,16,19,22,25,28,30-32,34,36-93H2,1-5H3/p+1/b11-9-,17-15-,20-18-,23-21-,26-24-,29-27-,35-33-. The lowest BCUT2D eigenvalue weighted by Gasteiger charge is -2.24. The second kappa shape index (κ2) is 86.2. The Morgan fingerprint density at radius 2 is 0.538 bits per heavy atom. The third kappa shape index (κ3) is 90.1. The lowest BCUT2D eigenvalue weighted by molar-refractivity contribution is -0.870. The van der Waals surface area contributed by atoms with Gasteiger partial charge in [0.25, 0.3) is 0 Å². The Kier molecular flexibility index (Phi) is 83.9. The van der Waals surface area contributed by atoms with Crippen LogP contribution in [0.25, 0.3) is 0 Å². The van der Waals surface area contributed by atoms with Gasteiger partial charge in [-0.15, -0.1) is 0 Å². The minimum Gasteiger partial charge on any atom is -0.462 e. The number of rotatable bonds is 87. The number of allylic oxidation sites excluding steroid dienone is 14. The SMILES string of the molecule is CC/C=C\C/C=C\C/C=C\C/C=C\C/C=C\CCCCCCCCCCCCCCCCCCCCCCCCCCCC(=O)OC(COC(=O)CCCCCCCCCCCCCCCCCCCCCCCCCCCCCCC/C=C\C/C=C\CCCCCCC)COP(=O)(O)OCC[N+](C)(C)C. The maximum atomic E-state index is 13.0. The first-order chi connectivity index (χ1) is 52.0. The molecule has 0 radical (unpaired) electrons. The molecule has 0 aromatic carbocycles. The fraction of sp³-hybridized carbons (Fsp3) is 0.833. The average molecular weight is 1510 g/mol. The van der Waals surface area contributed by atoms with Gasteiger partial charge >= 0.3 is 19.8 Å². The number of likely N-dealkylation sites (N-methyl/N-ethyl adjacent to an activating group) is 1. The fourth-order valence-corrected chi connectivity index (χ4v) is 14.6. The first-order valence-corrected chi connectivity index (χ1v) is 47.8. The Balaban J connectivity index is 3.83. The van der Waals surface area contributed by atoms with E-state index in [1.807, 2.05) is 21.1 Å². The van der Waals surface area contributed by atoms with E-state index < -0.39 is 26.5 Å². The second-order valence-corrected chi connectivity index (χ2v) is 34.1. The molecule has 0 aliphatic rings. The van der Waals surface area contributed by atoms with Crippen LogP contribution in [0.4, 0.5) is 0 Å². The summed E-state index contributed by atoms with van der Waals surface area (Å²) in [4.78, 5) is 36.1. The van der Waals surface area contributed by atoms with Gasteiger partial charge in [-0.05, 0) is 89.9 Å². The van der Waals surface area contributed by atoms with E-state index in [-0.39, 0.29) is 25.6 Å². The van der Waals surface area contributed by atoms with Gasteiger partial charge in [0.05, 0.1) is 27.7 Å². The number of carbonyl (C=O) groups excluding carboxylic acids is 2. The van der Waals surface area contributed by atoms with E-state index in [4.69, 9.17) is 18.5 Å². The maximum absolute atomic E-state index is 13.0. The van der Waals surface area contributed by atoms with Gasteiger partial charge in [0.2, 0.25) is 0 Å². The van der Waals surface area contributed by atoms with Crippen molar-refractivity contribution in [2.75, 3.05) is 47.5 Å². The molecule has 0 heterocycles. The van der Waals surface area contributed by atoms with Crippen LogP contribution in [0.1, 0.15) is 463 Å². The summed E-state index contributed by atoms with van der Waals surface area (Å²) in [5.74, 6) is -0.771. The van der Waals surface area contributed by atoms with Crippen molar-refractivity contribution in [3.05, 3.63) is 85.1 Å². The van der Waals surface area contributed by atoms with Gasteiger partial charge in [0.1, 0.15) is 19.8 Å². The van der Waals surface area contributed by atoms with Gasteiger partial charge in [-0.2, -0.15) is 0 Å². The lowest BCUT2D eigenvalue weighted by atomic mass is 10.0. The van der Waals surface area contributed by atoms with Crippen LogP contribution < -0.4 is 0 Å². The van der Waals surface area contributed by atoms with Crippen LogP contribution in [0.5, 0.6) is 0 Å². The molecule has 106 heavy (non-hydrogen) atoms. The van der Waals surface area contributed by atoms with Crippen molar-refractivity contribution < 1.29 is 42.1 Å². The first kappa shape index (κ1) is 103. The third-order valence-corrected chi connectivity index (χ3v) is 21.9. The molecular weight excluding hydrogens is 1330 g/mol. The van der Waals surface area contributed by atoms with Crippen LogP contribution in [-0.4, -0.2) is 74.9 Å². The Morgan fingerprint density at radius 3 is 0.802 bits per heavy atom. The molecule has 620 valence electrons. The van der Waals surface area contributed by atoms with Gasteiger partial charge in [0.15, 0.2) is 6.10 Å². The van der Waals surface area contributed by atoms with Crippen LogP contribution in [-0.2, 0) is 32.7 Å². The van der Waals surface area contributed by atoms with E-state index in [1.165, 1.54) is 360 Å². The van der Waals surface area contributed by atoms with Crippen molar-refractivity contribution in [1.82, 2.24) is 0 Å². The summed E-state index contributed by atoms with van der Waals surface area (Å²) in [6.07, 6.45) is 121. The van der Waals surface area contributed by atoms with Gasteiger partial charge in [0, 0.05) is 12.8 Å². The number of esters is 2. The molecule has 0 bridgehead atoms. The number of hydrogen-bond donors (Lipinski definition) is 1. The van der Waals surface area contributed by atoms with Crippen molar-refractivity contribution >= 4 is 19.8 Å².